The van der Waals surface area contributed by atoms with Crippen LogP contribution >= 0.6 is 0 Å². The Hall–Kier alpha value is -2.11. The van der Waals surface area contributed by atoms with Crippen LogP contribution in [0.2, 0.25) is 0 Å². The van der Waals surface area contributed by atoms with Gasteiger partial charge in [-0.1, -0.05) is 0 Å². The highest BCUT2D eigenvalue weighted by molar-refractivity contribution is 6.07. The van der Waals surface area contributed by atoms with Gasteiger partial charge in [0.15, 0.2) is 0 Å². The first kappa shape index (κ1) is 12.0. The minimum absolute atomic E-state index is 0.0132. The molecule has 0 aliphatic carbocycles. The van der Waals surface area contributed by atoms with Gasteiger partial charge in [-0.3, -0.25) is 10.1 Å². The van der Waals surface area contributed by atoms with Gasteiger partial charge in [-0.05, 0) is 20.8 Å². The van der Waals surface area contributed by atoms with Crippen molar-refractivity contribution in [3.05, 3.63) is 23.1 Å². The first-order valence-electron chi connectivity index (χ1n) is 4.56. The Bertz CT molecular complexity index is 459. The minimum atomic E-state index is -1.13. The zero-order chi connectivity index (χ0) is 12.3. The van der Waals surface area contributed by atoms with Gasteiger partial charge in [0, 0.05) is 11.1 Å². The summed E-state index contributed by atoms with van der Waals surface area (Å²) in [5, 5.41) is 11.1. The van der Waals surface area contributed by atoms with Crippen LogP contribution in [0, 0.1) is 6.92 Å². The summed E-state index contributed by atoms with van der Waals surface area (Å²) in [6.07, 6.45) is 1.39. The summed E-state index contributed by atoms with van der Waals surface area (Å²) in [5.41, 5.74) is 0.732. The molecule has 0 aliphatic heterocycles. The molecular formula is C10H12N2O4. The number of carbonyl (C=O) groups excluding carboxylic acids is 1. The third-order valence-corrected chi connectivity index (χ3v) is 2.06. The maximum atomic E-state index is 11.5. The van der Waals surface area contributed by atoms with Crippen LogP contribution in [0.25, 0.3) is 0 Å². The summed E-state index contributed by atoms with van der Waals surface area (Å²) in [6, 6.07) is 0.0556. The average molecular weight is 224 g/mol. The maximum Gasteiger partial charge on any atom is 0.331 e. The molecular weight excluding hydrogens is 212 g/mol. The number of carboxylic acid groups (broad SMARTS) is 1. The smallest absolute Gasteiger partial charge is 0.331 e. The van der Waals surface area contributed by atoms with E-state index in [0.29, 0.717) is 5.69 Å². The number of amides is 1. The fourth-order valence-corrected chi connectivity index (χ4v) is 0.933. The van der Waals surface area contributed by atoms with E-state index in [-0.39, 0.29) is 17.2 Å². The van der Waals surface area contributed by atoms with E-state index in [1.54, 1.807) is 6.92 Å². The van der Waals surface area contributed by atoms with E-state index < -0.39 is 11.9 Å². The molecule has 6 nitrogen and oxygen atoms in total. The molecule has 86 valence electrons. The lowest BCUT2D eigenvalue weighted by Gasteiger charge is -2.02. The van der Waals surface area contributed by atoms with Crippen LogP contribution in [0.15, 0.2) is 21.8 Å². The number of nitrogens with one attached hydrogen (secondary N) is 1. The summed E-state index contributed by atoms with van der Waals surface area (Å²) in [4.78, 5) is 26.0. The number of rotatable bonds is 3. The van der Waals surface area contributed by atoms with Crippen molar-refractivity contribution >= 4 is 17.9 Å². The topological polar surface area (TPSA) is 92.4 Å². The Morgan fingerprint density at radius 2 is 2.00 bits per heavy atom. The molecule has 0 saturated heterocycles. The van der Waals surface area contributed by atoms with Gasteiger partial charge in [0.05, 0.1) is 5.69 Å². The van der Waals surface area contributed by atoms with Crippen molar-refractivity contribution in [2.24, 2.45) is 0 Å². The molecule has 2 N–H and O–H groups in total. The minimum Gasteiger partial charge on any atom is -0.478 e. The second-order valence-corrected chi connectivity index (χ2v) is 3.30. The molecule has 1 amide bonds. The highest BCUT2D eigenvalue weighted by atomic mass is 16.4. The molecule has 0 radical (unpaired) electrons. The fourth-order valence-electron chi connectivity index (χ4n) is 0.933. The van der Waals surface area contributed by atoms with E-state index >= 15 is 0 Å². The quantitative estimate of drug-likeness (QED) is 0.756. The molecule has 1 rings (SSSR count). The summed E-state index contributed by atoms with van der Waals surface area (Å²) >= 11 is 0. The third kappa shape index (κ3) is 2.69. The van der Waals surface area contributed by atoms with Gasteiger partial charge in [0.1, 0.15) is 6.26 Å². The number of carboxylic acids is 1. The predicted molar refractivity (Wildman–Crippen MR) is 55.9 cm³/mol. The molecule has 1 aromatic rings. The summed E-state index contributed by atoms with van der Waals surface area (Å²) in [7, 11) is 0. The highest BCUT2D eigenvalue weighted by Gasteiger charge is 2.14. The number of hydrogen-bond acceptors (Lipinski definition) is 4. The highest BCUT2D eigenvalue weighted by Crippen LogP contribution is 2.10. The molecule has 16 heavy (non-hydrogen) atoms. The Morgan fingerprint density at radius 1 is 1.38 bits per heavy atom. The van der Waals surface area contributed by atoms with Gasteiger partial charge < -0.3 is 9.52 Å². The number of aromatic nitrogens is 1. The van der Waals surface area contributed by atoms with Gasteiger partial charge in [-0.25, -0.2) is 4.79 Å². The van der Waals surface area contributed by atoms with Crippen LogP contribution in [-0.4, -0.2) is 22.0 Å². The second-order valence-electron chi connectivity index (χ2n) is 3.30. The number of carbonyl (C=O) groups is 2. The van der Waals surface area contributed by atoms with Gasteiger partial charge in [0.2, 0.25) is 0 Å². The molecule has 1 heterocycles. The number of anilines is 1. The number of oxazole rings is 1. The van der Waals surface area contributed by atoms with Crippen LogP contribution in [0.4, 0.5) is 6.01 Å². The van der Waals surface area contributed by atoms with Gasteiger partial charge in [-0.15, -0.1) is 0 Å². The molecule has 0 fully saturated rings. The van der Waals surface area contributed by atoms with Crippen molar-refractivity contribution in [1.82, 2.24) is 4.98 Å². The zero-order valence-corrected chi connectivity index (χ0v) is 9.20. The largest absolute Gasteiger partial charge is 0.478 e. The first-order chi connectivity index (χ1) is 7.41. The lowest BCUT2D eigenvalue weighted by molar-refractivity contribution is -0.133. The molecule has 0 atom stereocenters. The number of hydrogen-bond donors (Lipinski definition) is 2. The first-order valence-corrected chi connectivity index (χ1v) is 4.56. The van der Waals surface area contributed by atoms with Crippen LogP contribution in [0.5, 0.6) is 0 Å². The van der Waals surface area contributed by atoms with Crippen molar-refractivity contribution in [2.75, 3.05) is 5.32 Å². The monoisotopic (exact) mass is 224 g/mol. The summed E-state index contributed by atoms with van der Waals surface area (Å²) < 4.78 is 4.91. The van der Waals surface area contributed by atoms with Crippen LogP contribution in [0.1, 0.15) is 19.5 Å². The van der Waals surface area contributed by atoms with E-state index in [9.17, 15) is 9.59 Å². The Labute approximate surface area is 92.0 Å². The average Bonchev–Trinajstić information content (AvgIpc) is 2.61. The lowest BCUT2D eigenvalue weighted by Crippen LogP contribution is -2.16. The standard InChI is InChI=1S/C10H12N2O4/c1-5-4-16-10(11-5)12-8(13)6(2)7(3)9(14)15/h4H,1-3H3,(H,14,15)(H,11,12,13). The van der Waals surface area contributed by atoms with E-state index in [1.165, 1.54) is 20.1 Å². The molecule has 0 aromatic carbocycles. The number of aliphatic carboxylic acids is 1. The molecule has 0 aliphatic rings. The van der Waals surface area contributed by atoms with Gasteiger partial charge in [0.25, 0.3) is 5.91 Å². The normalized spacial score (nSPS) is 11.9. The van der Waals surface area contributed by atoms with Gasteiger partial charge in [-0.2, -0.15) is 4.98 Å². The SMILES string of the molecule is CC(C(=O)O)=C(C)C(=O)Nc1nc(C)co1. The molecule has 0 spiro atoms. The Morgan fingerprint density at radius 3 is 2.44 bits per heavy atom. The van der Waals surface area contributed by atoms with E-state index in [1.807, 2.05) is 0 Å². The van der Waals surface area contributed by atoms with Gasteiger partial charge >= 0.3 is 12.0 Å². The Kier molecular flexibility index (Phi) is 3.44. The van der Waals surface area contributed by atoms with Crippen molar-refractivity contribution < 1.29 is 19.1 Å². The van der Waals surface area contributed by atoms with Crippen LogP contribution < -0.4 is 5.32 Å². The summed E-state index contributed by atoms with van der Waals surface area (Å²) in [6.45, 7) is 4.50. The molecule has 0 saturated carbocycles. The Balaban J connectivity index is 2.81. The molecule has 6 heteroatoms. The molecule has 0 bridgehead atoms. The predicted octanol–water partition coefficient (Wildman–Crippen LogP) is 1.34. The summed E-state index contributed by atoms with van der Waals surface area (Å²) in [5.74, 6) is -1.67. The van der Waals surface area contributed by atoms with E-state index in [2.05, 4.69) is 10.3 Å². The molecule has 1 aromatic heterocycles. The fraction of sp³-hybridized carbons (Fsp3) is 0.300. The number of aryl methyl sites for hydroxylation is 1. The van der Waals surface area contributed by atoms with Crippen LogP contribution in [0.3, 0.4) is 0 Å². The van der Waals surface area contributed by atoms with Crippen LogP contribution in [-0.2, 0) is 9.59 Å². The van der Waals surface area contributed by atoms with Crippen molar-refractivity contribution in [1.29, 1.82) is 0 Å². The maximum absolute atomic E-state index is 11.5. The van der Waals surface area contributed by atoms with E-state index in [0.717, 1.165) is 0 Å². The zero-order valence-electron chi connectivity index (χ0n) is 9.20. The third-order valence-electron chi connectivity index (χ3n) is 2.06. The van der Waals surface area contributed by atoms with Crippen molar-refractivity contribution in [2.45, 2.75) is 20.8 Å². The lowest BCUT2D eigenvalue weighted by atomic mass is 10.1. The van der Waals surface area contributed by atoms with E-state index in [4.69, 9.17) is 9.52 Å². The number of nitrogens with zero attached hydrogens (tertiary/aromatic N) is 1. The van der Waals surface area contributed by atoms with Crippen molar-refractivity contribution in [3.63, 3.8) is 0 Å². The van der Waals surface area contributed by atoms with Crippen molar-refractivity contribution in [3.8, 4) is 0 Å². The molecule has 0 unspecified atom stereocenters. The second kappa shape index (κ2) is 4.61.